The van der Waals surface area contributed by atoms with Gasteiger partial charge in [0.1, 0.15) is 12.4 Å². The number of nitrogens with one attached hydrogen (secondary N) is 2. The van der Waals surface area contributed by atoms with E-state index in [1.807, 2.05) is 0 Å². The van der Waals surface area contributed by atoms with E-state index in [1.165, 1.54) is 0 Å². The maximum absolute atomic E-state index is 11.5. The number of thiol groups is 1. The molecule has 1 unspecified atom stereocenters. The molecule has 118 valence electrons. The molecule has 0 spiro atoms. The first-order valence-corrected chi connectivity index (χ1v) is 7.65. The lowest BCUT2D eigenvalue weighted by Crippen LogP contribution is -2.38. The SMILES string of the molecule is O=C(NCCCN1CCOCC1)OCC(S)c1ncc[nH]1. The minimum atomic E-state index is -0.414. The number of aromatic amines is 1. The Balaban J connectivity index is 1.51. The molecule has 0 saturated carbocycles. The molecular formula is C13H22N4O3S. The molecule has 1 amide bonds. The van der Waals surface area contributed by atoms with E-state index in [0.29, 0.717) is 12.4 Å². The highest BCUT2D eigenvalue weighted by Crippen LogP contribution is 2.15. The molecule has 2 heterocycles. The zero-order valence-corrected chi connectivity index (χ0v) is 12.8. The van der Waals surface area contributed by atoms with Crippen LogP contribution in [0, 0.1) is 0 Å². The van der Waals surface area contributed by atoms with Gasteiger partial charge in [0.2, 0.25) is 0 Å². The third-order valence-corrected chi connectivity index (χ3v) is 3.63. The van der Waals surface area contributed by atoms with E-state index in [-0.39, 0.29) is 11.9 Å². The number of carbonyl (C=O) groups excluding carboxylic acids is 1. The molecule has 0 aromatic carbocycles. The summed E-state index contributed by atoms with van der Waals surface area (Å²) in [6.07, 6.45) is 3.84. The van der Waals surface area contributed by atoms with Gasteiger partial charge in [0.05, 0.1) is 18.5 Å². The Labute approximate surface area is 129 Å². The standard InChI is InChI=1S/C13H22N4O3S/c18-13(20-10-11(21)12-14-3-4-15-12)16-2-1-5-17-6-8-19-9-7-17/h3-4,11,21H,1-2,5-10H2,(H,14,15)(H,16,18). The number of amides is 1. The molecule has 1 aromatic rings. The van der Waals surface area contributed by atoms with Gasteiger partial charge in [0.25, 0.3) is 0 Å². The van der Waals surface area contributed by atoms with E-state index in [1.54, 1.807) is 12.4 Å². The Hall–Kier alpha value is -1.25. The molecule has 1 aliphatic heterocycles. The number of H-pyrrole nitrogens is 1. The minimum absolute atomic E-state index is 0.186. The van der Waals surface area contributed by atoms with Crippen LogP contribution in [-0.4, -0.2) is 67.0 Å². The van der Waals surface area contributed by atoms with Crippen LogP contribution in [0.1, 0.15) is 17.5 Å². The van der Waals surface area contributed by atoms with Crippen LogP contribution in [-0.2, 0) is 9.47 Å². The van der Waals surface area contributed by atoms with E-state index >= 15 is 0 Å². The van der Waals surface area contributed by atoms with E-state index < -0.39 is 6.09 Å². The molecule has 8 heteroatoms. The third kappa shape index (κ3) is 5.94. The van der Waals surface area contributed by atoms with Crippen LogP contribution >= 0.6 is 12.6 Å². The summed E-state index contributed by atoms with van der Waals surface area (Å²) >= 11 is 4.32. The van der Waals surface area contributed by atoms with Crippen LogP contribution in [0.4, 0.5) is 4.79 Å². The second-order valence-corrected chi connectivity index (χ2v) is 5.45. The van der Waals surface area contributed by atoms with Crippen molar-refractivity contribution >= 4 is 18.7 Å². The summed E-state index contributed by atoms with van der Waals surface area (Å²) < 4.78 is 10.4. The molecule has 1 aromatic heterocycles. The van der Waals surface area contributed by atoms with Crippen LogP contribution in [0.25, 0.3) is 0 Å². The average Bonchev–Trinajstić information content (AvgIpc) is 3.05. The Morgan fingerprint density at radius 2 is 2.38 bits per heavy atom. The highest BCUT2D eigenvalue weighted by Gasteiger charge is 2.12. The zero-order valence-electron chi connectivity index (χ0n) is 12.0. The summed E-state index contributed by atoms with van der Waals surface area (Å²) in [5.74, 6) is 0.693. The number of hydrogen-bond acceptors (Lipinski definition) is 6. The molecule has 1 aliphatic rings. The molecule has 0 radical (unpaired) electrons. The Morgan fingerprint density at radius 3 is 3.10 bits per heavy atom. The summed E-state index contributed by atoms with van der Waals surface area (Å²) in [7, 11) is 0. The summed E-state index contributed by atoms with van der Waals surface area (Å²) in [5.41, 5.74) is 0. The van der Waals surface area contributed by atoms with Crippen molar-refractivity contribution in [1.82, 2.24) is 20.2 Å². The number of aromatic nitrogens is 2. The molecule has 1 saturated heterocycles. The number of rotatable bonds is 7. The van der Waals surface area contributed by atoms with E-state index in [0.717, 1.165) is 39.3 Å². The molecule has 21 heavy (non-hydrogen) atoms. The maximum Gasteiger partial charge on any atom is 0.407 e. The van der Waals surface area contributed by atoms with Crippen LogP contribution < -0.4 is 5.32 Å². The van der Waals surface area contributed by atoms with Crippen molar-refractivity contribution in [1.29, 1.82) is 0 Å². The van der Waals surface area contributed by atoms with Gasteiger partial charge in [-0.3, -0.25) is 4.90 Å². The van der Waals surface area contributed by atoms with Crippen molar-refractivity contribution in [2.45, 2.75) is 11.7 Å². The predicted molar refractivity (Wildman–Crippen MR) is 81.5 cm³/mol. The van der Waals surface area contributed by atoms with Crippen LogP contribution in [0.5, 0.6) is 0 Å². The number of hydrogen-bond donors (Lipinski definition) is 3. The summed E-state index contributed by atoms with van der Waals surface area (Å²) in [6.45, 7) is 5.28. The normalized spacial score (nSPS) is 17.4. The number of imidazole rings is 1. The van der Waals surface area contributed by atoms with Gasteiger partial charge in [-0.05, 0) is 13.0 Å². The van der Waals surface area contributed by atoms with Crippen molar-refractivity contribution in [3.05, 3.63) is 18.2 Å². The highest BCUT2D eigenvalue weighted by atomic mass is 32.1. The topological polar surface area (TPSA) is 79.5 Å². The molecule has 0 bridgehead atoms. The number of nitrogens with zero attached hydrogens (tertiary/aromatic N) is 2. The van der Waals surface area contributed by atoms with Gasteiger partial charge in [-0.2, -0.15) is 12.6 Å². The zero-order chi connectivity index (χ0) is 14.9. The molecule has 1 fully saturated rings. The van der Waals surface area contributed by atoms with E-state index in [2.05, 4.69) is 32.8 Å². The fourth-order valence-corrected chi connectivity index (χ4v) is 2.28. The van der Waals surface area contributed by atoms with Crippen molar-refractivity contribution in [2.24, 2.45) is 0 Å². The fraction of sp³-hybridized carbons (Fsp3) is 0.692. The largest absolute Gasteiger partial charge is 0.448 e. The Kier molecular flexibility index (Phi) is 6.84. The van der Waals surface area contributed by atoms with E-state index in [9.17, 15) is 4.79 Å². The maximum atomic E-state index is 11.5. The van der Waals surface area contributed by atoms with Gasteiger partial charge < -0.3 is 19.8 Å². The molecule has 2 N–H and O–H groups in total. The van der Waals surface area contributed by atoms with Gasteiger partial charge >= 0.3 is 6.09 Å². The number of ether oxygens (including phenoxy) is 2. The summed E-state index contributed by atoms with van der Waals surface area (Å²) in [5, 5.41) is 2.50. The van der Waals surface area contributed by atoms with Gasteiger partial charge in [-0.1, -0.05) is 0 Å². The first-order valence-electron chi connectivity index (χ1n) is 7.14. The monoisotopic (exact) mass is 314 g/mol. The summed E-state index contributed by atoms with van der Waals surface area (Å²) in [6, 6.07) is 0. The van der Waals surface area contributed by atoms with Crippen molar-refractivity contribution in [3.63, 3.8) is 0 Å². The van der Waals surface area contributed by atoms with Crippen LogP contribution in [0.2, 0.25) is 0 Å². The number of carbonyl (C=O) groups is 1. The first-order chi connectivity index (χ1) is 10.3. The van der Waals surface area contributed by atoms with Crippen molar-refractivity contribution in [3.8, 4) is 0 Å². The highest BCUT2D eigenvalue weighted by molar-refractivity contribution is 7.80. The molecule has 2 rings (SSSR count). The summed E-state index contributed by atoms with van der Waals surface area (Å²) in [4.78, 5) is 20.9. The quantitative estimate of drug-likeness (QED) is 0.513. The van der Waals surface area contributed by atoms with Crippen LogP contribution in [0.15, 0.2) is 12.4 Å². The predicted octanol–water partition coefficient (Wildman–Crippen LogP) is 0.829. The van der Waals surface area contributed by atoms with Crippen molar-refractivity contribution < 1.29 is 14.3 Å². The molecular weight excluding hydrogens is 292 g/mol. The first kappa shape index (κ1) is 16.1. The van der Waals surface area contributed by atoms with E-state index in [4.69, 9.17) is 9.47 Å². The molecule has 0 aliphatic carbocycles. The van der Waals surface area contributed by atoms with Gasteiger partial charge in [-0.15, -0.1) is 0 Å². The fourth-order valence-electron chi connectivity index (χ4n) is 2.06. The molecule has 1 atom stereocenters. The average molecular weight is 314 g/mol. The van der Waals surface area contributed by atoms with Gasteiger partial charge in [0, 0.05) is 32.0 Å². The van der Waals surface area contributed by atoms with Crippen LogP contribution in [0.3, 0.4) is 0 Å². The van der Waals surface area contributed by atoms with Crippen molar-refractivity contribution in [2.75, 3.05) is 46.0 Å². The molecule has 7 nitrogen and oxygen atoms in total. The lowest BCUT2D eigenvalue weighted by molar-refractivity contribution is 0.0374. The number of alkyl carbamates (subject to hydrolysis) is 1. The Bertz CT molecular complexity index is 410. The lowest BCUT2D eigenvalue weighted by atomic mass is 10.3. The van der Waals surface area contributed by atoms with Gasteiger partial charge in [-0.25, -0.2) is 9.78 Å². The second-order valence-electron chi connectivity index (χ2n) is 4.82. The smallest absolute Gasteiger partial charge is 0.407 e. The minimum Gasteiger partial charge on any atom is -0.448 e. The Morgan fingerprint density at radius 1 is 1.57 bits per heavy atom. The second kappa shape index (κ2) is 8.91. The lowest BCUT2D eigenvalue weighted by Gasteiger charge is -2.26. The number of morpholine rings is 1. The third-order valence-electron chi connectivity index (χ3n) is 3.23. The van der Waals surface area contributed by atoms with Gasteiger partial charge in [0.15, 0.2) is 0 Å².